The van der Waals surface area contributed by atoms with Gasteiger partial charge in [0.25, 0.3) is 0 Å². The van der Waals surface area contributed by atoms with Crippen molar-refractivity contribution < 1.29 is 9.90 Å². The number of rotatable bonds is 2. The van der Waals surface area contributed by atoms with Crippen LogP contribution in [0, 0.1) is 0 Å². The van der Waals surface area contributed by atoms with Crippen molar-refractivity contribution in [2.45, 2.75) is 25.8 Å². The van der Waals surface area contributed by atoms with Crippen LogP contribution in [0.1, 0.15) is 19.8 Å². The molecule has 1 saturated heterocycles. The van der Waals surface area contributed by atoms with E-state index in [4.69, 9.17) is 5.11 Å². The number of carboxylic acid groups (broad SMARTS) is 1. The molecular formula is C7H14N2O2. The molecule has 1 aliphatic rings. The lowest BCUT2D eigenvalue weighted by molar-refractivity contribution is -0.142. The summed E-state index contributed by atoms with van der Waals surface area (Å²) in [6.45, 7) is 3.83. The van der Waals surface area contributed by atoms with E-state index in [0.717, 1.165) is 25.9 Å². The standard InChI is InChI=1S/C7H14N2O2/c1-2-9-5-3-4-6(8-9)7(10)11/h6,8H,2-5H2,1H3,(H,10,11). The number of hydrazine groups is 1. The van der Waals surface area contributed by atoms with Crippen molar-refractivity contribution in [1.82, 2.24) is 10.4 Å². The molecule has 0 aromatic rings. The number of aliphatic carboxylic acids is 1. The monoisotopic (exact) mass is 158 g/mol. The molecule has 0 bridgehead atoms. The van der Waals surface area contributed by atoms with Crippen molar-refractivity contribution in [3.8, 4) is 0 Å². The molecule has 0 aromatic heterocycles. The second-order valence-corrected chi connectivity index (χ2v) is 2.74. The maximum atomic E-state index is 10.5. The van der Waals surface area contributed by atoms with Crippen LogP contribution >= 0.6 is 0 Å². The van der Waals surface area contributed by atoms with Gasteiger partial charge in [-0.2, -0.15) is 0 Å². The lowest BCUT2D eigenvalue weighted by atomic mass is 10.1. The van der Waals surface area contributed by atoms with Gasteiger partial charge in [-0.3, -0.25) is 4.79 Å². The van der Waals surface area contributed by atoms with Crippen LogP contribution in [-0.4, -0.2) is 35.2 Å². The third-order valence-corrected chi connectivity index (χ3v) is 1.94. The summed E-state index contributed by atoms with van der Waals surface area (Å²) in [5.74, 6) is -0.747. The Balaban J connectivity index is 2.39. The fraction of sp³-hybridized carbons (Fsp3) is 0.857. The van der Waals surface area contributed by atoms with Gasteiger partial charge < -0.3 is 5.11 Å². The highest BCUT2D eigenvalue weighted by Crippen LogP contribution is 2.06. The molecule has 0 amide bonds. The third-order valence-electron chi connectivity index (χ3n) is 1.94. The van der Waals surface area contributed by atoms with E-state index in [1.54, 1.807) is 0 Å². The van der Waals surface area contributed by atoms with E-state index in [1.165, 1.54) is 0 Å². The molecule has 11 heavy (non-hydrogen) atoms. The summed E-state index contributed by atoms with van der Waals surface area (Å²) in [6.07, 6.45) is 1.71. The summed E-state index contributed by atoms with van der Waals surface area (Å²) in [7, 11) is 0. The van der Waals surface area contributed by atoms with E-state index in [1.807, 2.05) is 11.9 Å². The van der Waals surface area contributed by atoms with E-state index in [2.05, 4.69) is 5.43 Å². The van der Waals surface area contributed by atoms with Gasteiger partial charge in [-0.25, -0.2) is 10.4 Å². The van der Waals surface area contributed by atoms with Crippen LogP contribution in [-0.2, 0) is 4.79 Å². The SMILES string of the molecule is CCN1CCCC(C(=O)O)N1. The first-order valence-corrected chi connectivity index (χ1v) is 3.98. The molecule has 1 fully saturated rings. The Kier molecular flexibility index (Phi) is 2.84. The van der Waals surface area contributed by atoms with Gasteiger partial charge in [-0.15, -0.1) is 0 Å². The molecule has 1 unspecified atom stereocenters. The molecule has 2 N–H and O–H groups in total. The number of carboxylic acids is 1. The first-order chi connectivity index (χ1) is 5.24. The Labute approximate surface area is 66.2 Å². The van der Waals surface area contributed by atoms with Crippen molar-refractivity contribution in [3.05, 3.63) is 0 Å². The highest BCUT2D eigenvalue weighted by molar-refractivity contribution is 5.73. The maximum absolute atomic E-state index is 10.5. The summed E-state index contributed by atoms with van der Waals surface area (Å²) in [6, 6.07) is -0.372. The normalized spacial score (nSPS) is 26.8. The zero-order valence-corrected chi connectivity index (χ0v) is 6.71. The van der Waals surface area contributed by atoms with Crippen LogP contribution in [0.25, 0.3) is 0 Å². The smallest absolute Gasteiger partial charge is 0.322 e. The number of nitrogens with one attached hydrogen (secondary N) is 1. The van der Waals surface area contributed by atoms with Gasteiger partial charge in [0, 0.05) is 13.1 Å². The third kappa shape index (κ3) is 2.17. The van der Waals surface area contributed by atoms with Crippen molar-refractivity contribution in [2.24, 2.45) is 0 Å². The first kappa shape index (κ1) is 8.49. The topological polar surface area (TPSA) is 52.6 Å². The molecule has 1 aliphatic heterocycles. The van der Waals surface area contributed by atoms with Crippen molar-refractivity contribution in [2.75, 3.05) is 13.1 Å². The molecule has 0 spiro atoms. The van der Waals surface area contributed by atoms with Gasteiger partial charge in [-0.05, 0) is 12.8 Å². The molecule has 0 aromatic carbocycles. The molecule has 64 valence electrons. The van der Waals surface area contributed by atoms with Gasteiger partial charge in [0.2, 0.25) is 0 Å². The minimum Gasteiger partial charge on any atom is -0.480 e. The molecule has 4 heteroatoms. The van der Waals surface area contributed by atoms with Crippen molar-refractivity contribution in [1.29, 1.82) is 0 Å². The molecule has 0 saturated carbocycles. The molecule has 0 aliphatic carbocycles. The Morgan fingerprint density at radius 2 is 2.55 bits per heavy atom. The Morgan fingerprint density at radius 1 is 1.82 bits per heavy atom. The largest absolute Gasteiger partial charge is 0.480 e. The fourth-order valence-electron chi connectivity index (χ4n) is 1.26. The molecule has 1 rings (SSSR count). The van der Waals surface area contributed by atoms with Gasteiger partial charge in [0.1, 0.15) is 6.04 Å². The molecule has 0 radical (unpaired) electrons. The van der Waals surface area contributed by atoms with Crippen LogP contribution in [0.15, 0.2) is 0 Å². The summed E-state index contributed by atoms with van der Waals surface area (Å²) >= 11 is 0. The summed E-state index contributed by atoms with van der Waals surface area (Å²) in [5, 5.41) is 10.6. The lowest BCUT2D eigenvalue weighted by Crippen LogP contribution is -2.52. The Hall–Kier alpha value is -0.610. The molecular weight excluding hydrogens is 144 g/mol. The highest BCUT2D eigenvalue weighted by Gasteiger charge is 2.23. The number of carbonyl (C=O) groups is 1. The van der Waals surface area contributed by atoms with Gasteiger partial charge in [-0.1, -0.05) is 6.92 Å². The second kappa shape index (κ2) is 3.69. The summed E-state index contributed by atoms with van der Waals surface area (Å²) in [4.78, 5) is 10.5. The maximum Gasteiger partial charge on any atom is 0.322 e. The molecule has 4 nitrogen and oxygen atoms in total. The minimum absolute atomic E-state index is 0.372. The highest BCUT2D eigenvalue weighted by atomic mass is 16.4. The van der Waals surface area contributed by atoms with Crippen LogP contribution in [0.4, 0.5) is 0 Å². The fourth-order valence-corrected chi connectivity index (χ4v) is 1.26. The predicted octanol–water partition coefficient (Wildman–Crippen LogP) is 0.0599. The lowest BCUT2D eigenvalue weighted by Gasteiger charge is -2.30. The average molecular weight is 158 g/mol. The van der Waals surface area contributed by atoms with Gasteiger partial charge in [0.15, 0.2) is 0 Å². The van der Waals surface area contributed by atoms with E-state index in [9.17, 15) is 4.79 Å². The molecule has 1 heterocycles. The summed E-state index contributed by atoms with van der Waals surface area (Å²) in [5.41, 5.74) is 2.94. The second-order valence-electron chi connectivity index (χ2n) is 2.74. The number of hydrogen-bond acceptors (Lipinski definition) is 3. The van der Waals surface area contributed by atoms with E-state index < -0.39 is 5.97 Å². The average Bonchev–Trinajstić information content (AvgIpc) is 2.05. The van der Waals surface area contributed by atoms with Crippen molar-refractivity contribution in [3.63, 3.8) is 0 Å². The van der Waals surface area contributed by atoms with E-state index in [-0.39, 0.29) is 6.04 Å². The van der Waals surface area contributed by atoms with Crippen LogP contribution in [0.5, 0.6) is 0 Å². The first-order valence-electron chi connectivity index (χ1n) is 3.98. The summed E-state index contributed by atoms with van der Waals surface area (Å²) < 4.78 is 0. The van der Waals surface area contributed by atoms with Gasteiger partial charge in [0.05, 0.1) is 0 Å². The van der Waals surface area contributed by atoms with Gasteiger partial charge >= 0.3 is 5.97 Å². The van der Waals surface area contributed by atoms with E-state index in [0.29, 0.717) is 0 Å². The Bertz CT molecular complexity index is 149. The number of nitrogens with zero attached hydrogens (tertiary/aromatic N) is 1. The predicted molar refractivity (Wildman–Crippen MR) is 41.0 cm³/mol. The van der Waals surface area contributed by atoms with Crippen LogP contribution in [0.3, 0.4) is 0 Å². The minimum atomic E-state index is -0.747. The zero-order valence-electron chi connectivity index (χ0n) is 6.71. The quantitative estimate of drug-likeness (QED) is 0.596. The van der Waals surface area contributed by atoms with Crippen LogP contribution < -0.4 is 5.43 Å². The zero-order chi connectivity index (χ0) is 8.27. The number of hydrogen-bond donors (Lipinski definition) is 2. The molecule has 1 atom stereocenters. The van der Waals surface area contributed by atoms with E-state index >= 15 is 0 Å². The van der Waals surface area contributed by atoms with Crippen LogP contribution in [0.2, 0.25) is 0 Å². The van der Waals surface area contributed by atoms with Crippen molar-refractivity contribution >= 4 is 5.97 Å². The Morgan fingerprint density at radius 3 is 3.09 bits per heavy atom.